The lowest BCUT2D eigenvalue weighted by Gasteiger charge is -2.42. The molecule has 1 fully saturated rings. The molecule has 1 aliphatic rings. The third-order valence-electron chi connectivity index (χ3n) is 3.07. The van der Waals surface area contributed by atoms with Crippen LogP contribution in [0.2, 0.25) is 0 Å². The molecular formula is C14H20O10. The molecule has 1 rings (SSSR count). The van der Waals surface area contributed by atoms with E-state index in [0.717, 1.165) is 27.9 Å². The molecule has 0 aliphatic carbocycles. The van der Waals surface area contributed by atoms with Gasteiger partial charge in [0.1, 0.15) is 0 Å². The Kier molecular flexibility index (Phi) is 7.11. The molecule has 0 radical (unpaired) electrons. The van der Waals surface area contributed by atoms with Crippen LogP contribution in [0.15, 0.2) is 0 Å². The third-order valence-corrected chi connectivity index (χ3v) is 3.07. The van der Waals surface area contributed by atoms with E-state index >= 15 is 0 Å². The molecule has 0 N–H and O–H groups in total. The first-order valence-corrected chi connectivity index (χ1v) is 6.99. The summed E-state index contributed by atoms with van der Waals surface area (Å²) in [6.07, 6.45) is -6.62. The quantitative estimate of drug-likeness (QED) is 0.466. The highest BCUT2D eigenvalue weighted by atomic mass is 16.7. The lowest BCUT2D eigenvalue weighted by molar-refractivity contribution is -0.296. The average molecular weight is 348 g/mol. The van der Waals surface area contributed by atoms with Crippen LogP contribution >= 0.6 is 0 Å². The fourth-order valence-electron chi connectivity index (χ4n) is 2.27. The van der Waals surface area contributed by atoms with E-state index in [4.69, 9.17) is 23.7 Å². The minimum absolute atomic E-state index is 0.708. The van der Waals surface area contributed by atoms with E-state index in [1.807, 2.05) is 0 Å². The fourth-order valence-corrected chi connectivity index (χ4v) is 2.27. The van der Waals surface area contributed by atoms with Crippen LogP contribution in [0.3, 0.4) is 0 Å². The second-order valence-corrected chi connectivity index (χ2v) is 4.91. The molecule has 1 saturated heterocycles. The number of rotatable bonds is 5. The maximum absolute atomic E-state index is 11.9. The maximum atomic E-state index is 11.9. The SMILES string of the molecule is COC(=O)C1OC(OC)[C@H](OC(C)=O)[C@@H](OC(C)=O)[C@@H]1OC(C)=O. The topological polar surface area (TPSA) is 124 Å². The summed E-state index contributed by atoms with van der Waals surface area (Å²) in [4.78, 5) is 46.1. The van der Waals surface area contributed by atoms with Gasteiger partial charge in [0, 0.05) is 27.9 Å². The van der Waals surface area contributed by atoms with Gasteiger partial charge in [0.2, 0.25) is 0 Å². The molecule has 0 aromatic carbocycles. The van der Waals surface area contributed by atoms with E-state index < -0.39 is 54.6 Å². The Morgan fingerprint density at radius 2 is 1.21 bits per heavy atom. The summed E-state index contributed by atoms with van der Waals surface area (Å²) < 4.78 is 30.3. The first-order chi connectivity index (χ1) is 11.2. The standard InChI is InChI=1S/C14H20O10/c1-6(15)21-9-10(22-7(2)16)12(23-8(3)17)14(20-5)24-11(9)13(18)19-4/h9-12,14H,1-5H3/t9-,10-,11?,12+,14?/m0/s1. The number of hydrogen-bond acceptors (Lipinski definition) is 10. The normalized spacial score (nSPS) is 29.3. The van der Waals surface area contributed by atoms with Crippen LogP contribution in [0.1, 0.15) is 20.8 Å². The summed E-state index contributed by atoms with van der Waals surface area (Å²) in [5.74, 6) is -3.08. The minimum atomic E-state index is -1.43. The highest BCUT2D eigenvalue weighted by Crippen LogP contribution is 2.29. The molecule has 10 nitrogen and oxygen atoms in total. The van der Waals surface area contributed by atoms with Crippen molar-refractivity contribution in [1.29, 1.82) is 0 Å². The second kappa shape index (κ2) is 8.60. The lowest BCUT2D eigenvalue weighted by Crippen LogP contribution is -2.63. The molecule has 0 saturated carbocycles. The highest BCUT2D eigenvalue weighted by molar-refractivity contribution is 5.77. The van der Waals surface area contributed by atoms with Crippen molar-refractivity contribution < 1.29 is 47.6 Å². The van der Waals surface area contributed by atoms with Gasteiger partial charge in [-0.1, -0.05) is 0 Å². The Hall–Kier alpha value is -2.20. The van der Waals surface area contributed by atoms with Crippen LogP contribution in [0, 0.1) is 0 Å². The van der Waals surface area contributed by atoms with Crippen molar-refractivity contribution in [3.63, 3.8) is 0 Å². The molecule has 0 aromatic rings. The van der Waals surface area contributed by atoms with E-state index in [1.54, 1.807) is 0 Å². The van der Waals surface area contributed by atoms with E-state index in [0.29, 0.717) is 0 Å². The van der Waals surface area contributed by atoms with Crippen molar-refractivity contribution in [2.24, 2.45) is 0 Å². The Bertz CT molecular complexity index is 502. The molecule has 24 heavy (non-hydrogen) atoms. The Morgan fingerprint density at radius 3 is 1.62 bits per heavy atom. The summed E-state index contributed by atoms with van der Waals surface area (Å²) in [5, 5.41) is 0. The van der Waals surface area contributed by atoms with Gasteiger partial charge in [-0.05, 0) is 0 Å². The summed E-state index contributed by atoms with van der Waals surface area (Å²) in [5.41, 5.74) is 0. The second-order valence-electron chi connectivity index (χ2n) is 4.91. The van der Waals surface area contributed by atoms with Crippen molar-refractivity contribution in [1.82, 2.24) is 0 Å². The number of ether oxygens (including phenoxy) is 6. The van der Waals surface area contributed by atoms with Gasteiger partial charge in [0.25, 0.3) is 0 Å². The van der Waals surface area contributed by atoms with Crippen LogP contribution in [0.4, 0.5) is 0 Å². The van der Waals surface area contributed by atoms with E-state index in [9.17, 15) is 19.2 Å². The molecule has 10 heteroatoms. The summed E-state index contributed by atoms with van der Waals surface area (Å²) in [6.45, 7) is 3.34. The molecule has 2 unspecified atom stereocenters. The summed E-state index contributed by atoms with van der Waals surface area (Å²) in [6, 6.07) is 0. The molecule has 5 atom stereocenters. The highest BCUT2D eigenvalue weighted by Gasteiger charge is 2.54. The maximum Gasteiger partial charge on any atom is 0.339 e. The van der Waals surface area contributed by atoms with Gasteiger partial charge in [0.05, 0.1) is 7.11 Å². The smallest absolute Gasteiger partial charge is 0.339 e. The largest absolute Gasteiger partial charge is 0.467 e. The zero-order chi connectivity index (χ0) is 18.4. The molecule has 136 valence electrons. The molecular weight excluding hydrogens is 328 g/mol. The number of hydrogen-bond donors (Lipinski definition) is 0. The predicted molar refractivity (Wildman–Crippen MR) is 74.3 cm³/mol. The Balaban J connectivity index is 3.28. The van der Waals surface area contributed by atoms with Crippen molar-refractivity contribution in [3.05, 3.63) is 0 Å². The Labute approximate surface area is 138 Å². The van der Waals surface area contributed by atoms with Gasteiger partial charge in [-0.3, -0.25) is 14.4 Å². The van der Waals surface area contributed by atoms with E-state index in [-0.39, 0.29) is 0 Å². The number of esters is 4. The van der Waals surface area contributed by atoms with Gasteiger partial charge in [0.15, 0.2) is 30.7 Å². The number of carbonyl (C=O) groups excluding carboxylic acids is 4. The minimum Gasteiger partial charge on any atom is -0.467 e. The monoisotopic (exact) mass is 348 g/mol. The molecule has 0 aromatic heterocycles. The molecule has 0 spiro atoms. The van der Waals surface area contributed by atoms with Crippen LogP contribution in [0.25, 0.3) is 0 Å². The van der Waals surface area contributed by atoms with Gasteiger partial charge in [-0.25, -0.2) is 4.79 Å². The summed E-state index contributed by atoms with van der Waals surface area (Å²) >= 11 is 0. The van der Waals surface area contributed by atoms with Crippen LogP contribution < -0.4 is 0 Å². The number of methoxy groups -OCH3 is 2. The van der Waals surface area contributed by atoms with Crippen molar-refractivity contribution in [2.75, 3.05) is 14.2 Å². The third kappa shape index (κ3) is 4.90. The van der Waals surface area contributed by atoms with Gasteiger partial charge in [-0.15, -0.1) is 0 Å². The average Bonchev–Trinajstić information content (AvgIpc) is 2.48. The zero-order valence-corrected chi connectivity index (χ0v) is 14.0. The first-order valence-electron chi connectivity index (χ1n) is 6.99. The fraction of sp³-hybridized carbons (Fsp3) is 0.714. The van der Waals surface area contributed by atoms with Gasteiger partial charge >= 0.3 is 23.9 Å². The van der Waals surface area contributed by atoms with Gasteiger partial charge < -0.3 is 28.4 Å². The lowest BCUT2D eigenvalue weighted by atomic mass is 9.97. The van der Waals surface area contributed by atoms with Crippen LogP contribution in [-0.4, -0.2) is 68.8 Å². The van der Waals surface area contributed by atoms with Crippen molar-refractivity contribution in [3.8, 4) is 0 Å². The van der Waals surface area contributed by atoms with Crippen LogP contribution in [-0.2, 0) is 47.6 Å². The van der Waals surface area contributed by atoms with E-state index in [2.05, 4.69) is 4.74 Å². The summed E-state index contributed by atoms with van der Waals surface area (Å²) in [7, 11) is 2.35. The van der Waals surface area contributed by atoms with Crippen molar-refractivity contribution >= 4 is 23.9 Å². The zero-order valence-electron chi connectivity index (χ0n) is 14.0. The first kappa shape index (κ1) is 19.8. The van der Waals surface area contributed by atoms with Gasteiger partial charge in [-0.2, -0.15) is 0 Å². The Morgan fingerprint density at radius 1 is 0.750 bits per heavy atom. The molecule has 0 amide bonds. The molecule has 1 heterocycles. The molecule has 0 bridgehead atoms. The molecule has 1 aliphatic heterocycles. The number of carbonyl (C=O) groups is 4. The van der Waals surface area contributed by atoms with Crippen molar-refractivity contribution in [2.45, 2.75) is 51.5 Å². The predicted octanol–water partition coefficient (Wildman–Crippen LogP) is -0.674. The van der Waals surface area contributed by atoms with Crippen LogP contribution in [0.5, 0.6) is 0 Å². The van der Waals surface area contributed by atoms with E-state index in [1.165, 1.54) is 7.11 Å².